The average Bonchev–Trinajstić information content (AvgIpc) is 2.57. The molecule has 26 heavy (non-hydrogen) atoms. The fourth-order valence-electron chi connectivity index (χ4n) is 2.17. The molecule has 2 rings (SSSR count). The van der Waals surface area contributed by atoms with Crippen LogP contribution in [0, 0.1) is 6.92 Å². The molecule has 0 aliphatic heterocycles. The number of methoxy groups -OCH3 is 1. The molecule has 7 heteroatoms. The number of hydrogen-bond acceptors (Lipinski definition) is 6. The van der Waals surface area contributed by atoms with Gasteiger partial charge in [0.25, 0.3) is 5.91 Å². The van der Waals surface area contributed by atoms with Gasteiger partial charge in [-0.2, -0.15) is 0 Å². The fourth-order valence-corrected chi connectivity index (χ4v) is 2.17. The second-order valence-electron chi connectivity index (χ2n) is 6.87. The van der Waals surface area contributed by atoms with Crippen molar-refractivity contribution >= 4 is 11.9 Å². The van der Waals surface area contributed by atoms with Gasteiger partial charge in [-0.1, -0.05) is 0 Å². The first-order chi connectivity index (χ1) is 12.3. The van der Waals surface area contributed by atoms with Crippen molar-refractivity contribution in [3.8, 4) is 11.5 Å². The van der Waals surface area contributed by atoms with Gasteiger partial charge in [0, 0.05) is 11.2 Å². The standard InChI is InChI=1S/C19H26N4O3/c1-13-12-16(17(24)23-19(2,3)4)22-18(21-13)20-10-11-26-15-8-6-14(25-5)7-9-15/h6-9,12H,10-11H2,1-5H3,(H,23,24)(H,20,21,22). The van der Waals surface area contributed by atoms with E-state index in [1.807, 2.05) is 52.0 Å². The largest absolute Gasteiger partial charge is 0.497 e. The lowest BCUT2D eigenvalue weighted by atomic mass is 10.1. The summed E-state index contributed by atoms with van der Waals surface area (Å²) in [6.45, 7) is 8.55. The molecule has 0 atom stereocenters. The van der Waals surface area contributed by atoms with E-state index < -0.39 is 0 Å². The number of aromatic nitrogens is 2. The van der Waals surface area contributed by atoms with Crippen LogP contribution >= 0.6 is 0 Å². The zero-order chi connectivity index (χ0) is 19.2. The smallest absolute Gasteiger partial charge is 0.270 e. The lowest BCUT2D eigenvalue weighted by Gasteiger charge is -2.20. The Kier molecular flexibility index (Phi) is 6.38. The van der Waals surface area contributed by atoms with Gasteiger partial charge in [0.2, 0.25) is 5.95 Å². The van der Waals surface area contributed by atoms with E-state index in [0.717, 1.165) is 17.2 Å². The molecule has 0 bridgehead atoms. The number of hydrogen-bond donors (Lipinski definition) is 2. The summed E-state index contributed by atoms with van der Waals surface area (Å²) in [6, 6.07) is 9.03. The maximum atomic E-state index is 12.3. The Morgan fingerprint density at radius 3 is 2.38 bits per heavy atom. The predicted octanol–water partition coefficient (Wildman–Crippen LogP) is 2.81. The molecule has 2 N–H and O–H groups in total. The predicted molar refractivity (Wildman–Crippen MR) is 101 cm³/mol. The SMILES string of the molecule is COc1ccc(OCCNc2nc(C)cc(C(=O)NC(C)(C)C)n2)cc1. The average molecular weight is 358 g/mol. The molecule has 0 fully saturated rings. The Morgan fingerprint density at radius 2 is 1.77 bits per heavy atom. The monoisotopic (exact) mass is 358 g/mol. The zero-order valence-corrected chi connectivity index (χ0v) is 15.9. The van der Waals surface area contributed by atoms with Gasteiger partial charge in [-0.05, 0) is 58.0 Å². The van der Waals surface area contributed by atoms with Crippen LogP contribution in [0.25, 0.3) is 0 Å². The van der Waals surface area contributed by atoms with Gasteiger partial charge >= 0.3 is 0 Å². The molecule has 1 amide bonds. The number of amides is 1. The van der Waals surface area contributed by atoms with E-state index in [1.165, 1.54) is 0 Å². The third-order valence-electron chi connectivity index (χ3n) is 3.29. The molecule has 2 aromatic rings. The number of nitrogens with zero attached hydrogens (tertiary/aromatic N) is 2. The lowest BCUT2D eigenvalue weighted by molar-refractivity contribution is 0.0914. The highest BCUT2D eigenvalue weighted by atomic mass is 16.5. The number of anilines is 1. The van der Waals surface area contributed by atoms with Crippen LogP contribution in [0.2, 0.25) is 0 Å². The number of nitrogens with one attached hydrogen (secondary N) is 2. The van der Waals surface area contributed by atoms with Crippen molar-refractivity contribution in [1.29, 1.82) is 0 Å². The van der Waals surface area contributed by atoms with Crippen LogP contribution in [-0.4, -0.2) is 41.7 Å². The molecule has 1 aromatic heterocycles. The minimum Gasteiger partial charge on any atom is -0.497 e. The second-order valence-corrected chi connectivity index (χ2v) is 6.87. The summed E-state index contributed by atoms with van der Waals surface area (Å²) in [5, 5.41) is 5.98. The van der Waals surface area contributed by atoms with Gasteiger partial charge in [-0.15, -0.1) is 0 Å². The van der Waals surface area contributed by atoms with E-state index in [0.29, 0.717) is 24.8 Å². The molecule has 1 aromatic carbocycles. The molecular formula is C19H26N4O3. The Labute approximate surface area is 154 Å². The summed E-state index contributed by atoms with van der Waals surface area (Å²) in [5.74, 6) is 1.72. The van der Waals surface area contributed by atoms with Gasteiger partial charge in [-0.3, -0.25) is 4.79 Å². The van der Waals surface area contributed by atoms with E-state index in [1.54, 1.807) is 13.2 Å². The van der Waals surface area contributed by atoms with Crippen molar-refractivity contribution in [2.75, 3.05) is 25.6 Å². The van der Waals surface area contributed by atoms with Gasteiger partial charge in [0.1, 0.15) is 23.8 Å². The van der Waals surface area contributed by atoms with E-state index in [4.69, 9.17) is 9.47 Å². The van der Waals surface area contributed by atoms with Crippen molar-refractivity contribution in [3.63, 3.8) is 0 Å². The van der Waals surface area contributed by atoms with Gasteiger partial charge in [-0.25, -0.2) is 9.97 Å². The molecule has 0 aliphatic carbocycles. The number of carbonyl (C=O) groups is 1. The summed E-state index contributed by atoms with van der Waals surface area (Å²) in [7, 11) is 1.62. The van der Waals surface area contributed by atoms with E-state index in [-0.39, 0.29) is 11.4 Å². The maximum absolute atomic E-state index is 12.3. The van der Waals surface area contributed by atoms with E-state index >= 15 is 0 Å². The number of benzene rings is 1. The second kappa shape index (κ2) is 8.51. The van der Waals surface area contributed by atoms with Crippen molar-refractivity contribution in [2.24, 2.45) is 0 Å². The minimum absolute atomic E-state index is 0.222. The highest BCUT2D eigenvalue weighted by molar-refractivity contribution is 5.93. The van der Waals surface area contributed by atoms with Crippen LogP contribution < -0.4 is 20.1 Å². The van der Waals surface area contributed by atoms with Crippen molar-refractivity contribution < 1.29 is 14.3 Å². The Hall–Kier alpha value is -2.83. The summed E-state index contributed by atoms with van der Waals surface area (Å²) < 4.78 is 10.8. The van der Waals surface area contributed by atoms with Gasteiger partial charge in [0.05, 0.1) is 13.7 Å². The van der Waals surface area contributed by atoms with Gasteiger partial charge in [0.15, 0.2) is 0 Å². The molecule has 0 saturated heterocycles. The third kappa shape index (κ3) is 6.23. The molecule has 0 aliphatic rings. The first kappa shape index (κ1) is 19.5. The molecule has 0 unspecified atom stereocenters. The summed E-state index contributed by atoms with van der Waals surface area (Å²) in [6.07, 6.45) is 0. The van der Waals surface area contributed by atoms with Crippen LogP contribution in [0.4, 0.5) is 5.95 Å². The third-order valence-corrected chi connectivity index (χ3v) is 3.29. The van der Waals surface area contributed by atoms with Gasteiger partial charge < -0.3 is 20.1 Å². The summed E-state index contributed by atoms with van der Waals surface area (Å²) >= 11 is 0. The number of ether oxygens (including phenoxy) is 2. The van der Waals surface area contributed by atoms with Crippen molar-refractivity contribution in [2.45, 2.75) is 33.2 Å². The summed E-state index contributed by atoms with van der Waals surface area (Å²) in [4.78, 5) is 20.9. The molecule has 0 saturated carbocycles. The lowest BCUT2D eigenvalue weighted by Crippen LogP contribution is -2.41. The number of rotatable bonds is 7. The van der Waals surface area contributed by atoms with Crippen LogP contribution in [0.15, 0.2) is 30.3 Å². The fraction of sp³-hybridized carbons (Fsp3) is 0.421. The van der Waals surface area contributed by atoms with Crippen molar-refractivity contribution in [3.05, 3.63) is 41.7 Å². The Balaban J connectivity index is 1.89. The first-order valence-electron chi connectivity index (χ1n) is 8.46. The van der Waals surface area contributed by atoms with Crippen LogP contribution in [0.1, 0.15) is 37.0 Å². The minimum atomic E-state index is -0.324. The number of aryl methyl sites for hydroxylation is 1. The quantitative estimate of drug-likeness (QED) is 0.740. The molecule has 7 nitrogen and oxygen atoms in total. The Morgan fingerprint density at radius 1 is 1.12 bits per heavy atom. The molecule has 140 valence electrons. The highest BCUT2D eigenvalue weighted by Crippen LogP contribution is 2.16. The van der Waals surface area contributed by atoms with Crippen LogP contribution in [0.5, 0.6) is 11.5 Å². The highest BCUT2D eigenvalue weighted by Gasteiger charge is 2.17. The van der Waals surface area contributed by atoms with Crippen LogP contribution in [0.3, 0.4) is 0 Å². The van der Waals surface area contributed by atoms with E-state index in [2.05, 4.69) is 20.6 Å². The zero-order valence-electron chi connectivity index (χ0n) is 15.9. The topological polar surface area (TPSA) is 85.4 Å². The molecule has 1 heterocycles. The normalized spacial score (nSPS) is 11.0. The Bertz CT molecular complexity index is 739. The van der Waals surface area contributed by atoms with E-state index in [9.17, 15) is 4.79 Å². The summed E-state index contributed by atoms with van der Waals surface area (Å²) in [5.41, 5.74) is 0.735. The maximum Gasteiger partial charge on any atom is 0.270 e. The molecule has 0 radical (unpaired) electrons. The van der Waals surface area contributed by atoms with Crippen LogP contribution in [-0.2, 0) is 0 Å². The molecule has 0 spiro atoms. The van der Waals surface area contributed by atoms with Crippen molar-refractivity contribution in [1.82, 2.24) is 15.3 Å². The number of carbonyl (C=O) groups excluding carboxylic acids is 1. The first-order valence-corrected chi connectivity index (χ1v) is 8.46. The molecular weight excluding hydrogens is 332 g/mol.